The molecule has 1 aromatic carbocycles. The van der Waals surface area contributed by atoms with Gasteiger partial charge in [0.1, 0.15) is 0 Å². The lowest BCUT2D eigenvalue weighted by molar-refractivity contribution is -0.139. The summed E-state index contributed by atoms with van der Waals surface area (Å²) < 4.78 is 28.3. The summed E-state index contributed by atoms with van der Waals surface area (Å²) in [6.45, 7) is 0.0789. The predicted octanol–water partition coefficient (Wildman–Crippen LogP) is 0.668. The first-order valence-corrected chi connectivity index (χ1v) is 7.31. The van der Waals surface area contributed by atoms with Gasteiger partial charge in [0, 0.05) is 6.04 Å². The van der Waals surface area contributed by atoms with Crippen molar-refractivity contribution >= 4 is 15.8 Å². The van der Waals surface area contributed by atoms with E-state index < -0.39 is 9.84 Å². The molecule has 0 bridgehead atoms. The highest BCUT2D eigenvalue weighted by Gasteiger charge is 2.29. The van der Waals surface area contributed by atoms with E-state index in [1.807, 2.05) is 0 Å². The van der Waals surface area contributed by atoms with Crippen LogP contribution >= 0.6 is 0 Å². The Bertz CT molecular complexity index is 553. The molecule has 98 valence electrons. The zero-order valence-electron chi connectivity index (χ0n) is 10.0. The zero-order valence-corrected chi connectivity index (χ0v) is 10.9. The van der Waals surface area contributed by atoms with Crippen LogP contribution < -0.4 is 5.32 Å². The Morgan fingerprint density at radius 1 is 1.44 bits per heavy atom. The van der Waals surface area contributed by atoms with Gasteiger partial charge in [0.05, 0.1) is 24.3 Å². The van der Waals surface area contributed by atoms with Crippen LogP contribution in [0.15, 0.2) is 29.2 Å². The molecule has 5 nitrogen and oxygen atoms in total. The molecule has 1 aliphatic rings. The topological polar surface area (TPSA) is 72.5 Å². The molecular formula is C12H15NO4S. The zero-order chi connectivity index (χ0) is 13.2. The van der Waals surface area contributed by atoms with E-state index in [4.69, 9.17) is 0 Å². The van der Waals surface area contributed by atoms with Crippen molar-refractivity contribution in [3.05, 3.63) is 29.8 Å². The minimum absolute atomic E-state index is 0.0789. The van der Waals surface area contributed by atoms with Gasteiger partial charge in [-0.3, -0.25) is 10.1 Å². The van der Waals surface area contributed by atoms with E-state index in [1.54, 1.807) is 24.3 Å². The van der Waals surface area contributed by atoms with Gasteiger partial charge >= 0.3 is 5.97 Å². The third-order valence-corrected chi connectivity index (χ3v) is 4.84. The molecule has 0 spiro atoms. The molecule has 1 unspecified atom stereocenters. The molecule has 0 saturated heterocycles. The average molecular weight is 269 g/mol. The summed E-state index contributed by atoms with van der Waals surface area (Å²) in [5.41, 5.74) is 0.729. The summed E-state index contributed by atoms with van der Waals surface area (Å²) in [5.74, 6) is -0.260. The van der Waals surface area contributed by atoms with Gasteiger partial charge in [-0.2, -0.15) is 0 Å². The number of esters is 1. The maximum absolute atomic E-state index is 11.9. The predicted molar refractivity (Wildman–Crippen MR) is 65.9 cm³/mol. The number of benzene rings is 1. The van der Waals surface area contributed by atoms with Crippen LogP contribution in [-0.2, 0) is 19.4 Å². The summed E-state index contributed by atoms with van der Waals surface area (Å²) in [4.78, 5) is 11.5. The fourth-order valence-electron chi connectivity index (χ4n) is 2.08. The number of nitrogens with one attached hydrogen (secondary N) is 1. The first-order chi connectivity index (χ1) is 8.54. The Morgan fingerprint density at radius 2 is 2.17 bits per heavy atom. The first-order valence-electron chi connectivity index (χ1n) is 5.66. The molecule has 0 amide bonds. The van der Waals surface area contributed by atoms with E-state index in [0.29, 0.717) is 11.3 Å². The van der Waals surface area contributed by atoms with Crippen molar-refractivity contribution in [3.8, 4) is 0 Å². The number of sulfone groups is 1. The number of hydrogen-bond acceptors (Lipinski definition) is 5. The summed E-state index contributed by atoms with van der Waals surface area (Å²) in [7, 11) is -1.85. The molecule has 1 atom stereocenters. The van der Waals surface area contributed by atoms with Gasteiger partial charge in [0.15, 0.2) is 9.84 Å². The number of ether oxygens (including phenoxy) is 1. The molecule has 1 heterocycles. The van der Waals surface area contributed by atoms with Crippen molar-refractivity contribution in [2.45, 2.75) is 17.4 Å². The standard InChI is InChI=1S/C12H15NO4S/c1-17-12(14)8-13-10-6-7-18(15,16)11-5-3-2-4-9(10)11/h2-5,10,13H,6-8H2,1H3. The second-order valence-electron chi connectivity index (χ2n) is 4.15. The second kappa shape index (κ2) is 5.07. The van der Waals surface area contributed by atoms with E-state index in [9.17, 15) is 13.2 Å². The van der Waals surface area contributed by atoms with Crippen LogP contribution in [-0.4, -0.2) is 33.8 Å². The van der Waals surface area contributed by atoms with Gasteiger partial charge in [-0.25, -0.2) is 8.42 Å². The van der Waals surface area contributed by atoms with E-state index >= 15 is 0 Å². The molecule has 0 aliphatic carbocycles. The third kappa shape index (κ3) is 2.54. The van der Waals surface area contributed by atoms with Crippen molar-refractivity contribution in [2.75, 3.05) is 19.4 Å². The molecule has 1 aliphatic heterocycles. The maximum Gasteiger partial charge on any atom is 0.319 e. The number of carbonyl (C=O) groups is 1. The minimum Gasteiger partial charge on any atom is -0.468 e. The number of methoxy groups -OCH3 is 1. The smallest absolute Gasteiger partial charge is 0.319 e. The monoisotopic (exact) mass is 269 g/mol. The van der Waals surface area contributed by atoms with Gasteiger partial charge in [0.2, 0.25) is 0 Å². The largest absolute Gasteiger partial charge is 0.468 e. The van der Waals surface area contributed by atoms with E-state index in [1.165, 1.54) is 7.11 Å². The second-order valence-corrected chi connectivity index (χ2v) is 6.23. The molecule has 0 saturated carbocycles. The molecule has 0 radical (unpaired) electrons. The summed E-state index contributed by atoms with van der Waals surface area (Å²) in [6.07, 6.45) is 0.469. The molecule has 18 heavy (non-hydrogen) atoms. The van der Waals surface area contributed by atoms with Crippen LogP contribution in [0.3, 0.4) is 0 Å². The van der Waals surface area contributed by atoms with Crippen molar-refractivity contribution in [1.29, 1.82) is 0 Å². The van der Waals surface area contributed by atoms with Gasteiger partial charge in [-0.15, -0.1) is 0 Å². The number of carbonyl (C=O) groups excluding carboxylic acids is 1. The van der Waals surface area contributed by atoms with Gasteiger partial charge in [-0.1, -0.05) is 18.2 Å². The number of hydrogen-bond donors (Lipinski definition) is 1. The Balaban J connectivity index is 2.23. The minimum atomic E-state index is -3.18. The summed E-state index contributed by atoms with van der Waals surface area (Å²) in [6, 6.07) is 6.77. The lowest BCUT2D eigenvalue weighted by atomic mass is 10.0. The maximum atomic E-state index is 11.9. The first kappa shape index (κ1) is 13.0. The molecular weight excluding hydrogens is 254 g/mol. The highest BCUT2D eigenvalue weighted by molar-refractivity contribution is 7.91. The highest BCUT2D eigenvalue weighted by atomic mass is 32.2. The van der Waals surface area contributed by atoms with Crippen LogP contribution in [0.2, 0.25) is 0 Å². The van der Waals surface area contributed by atoms with Crippen LogP contribution in [0.25, 0.3) is 0 Å². The van der Waals surface area contributed by atoms with E-state index in [2.05, 4.69) is 10.1 Å². The molecule has 0 fully saturated rings. The normalized spacial score (nSPS) is 21.1. The quantitative estimate of drug-likeness (QED) is 0.816. The van der Waals surface area contributed by atoms with Crippen LogP contribution in [0.4, 0.5) is 0 Å². The summed E-state index contributed by atoms with van der Waals surface area (Å²) >= 11 is 0. The Hall–Kier alpha value is -1.40. The van der Waals surface area contributed by atoms with E-state index in [-0.39, 0.29) is 24.3 Å². The van der Waals surface area contributed by atoms with Crippen LogP contribution in [0, 0.1) is 0 Å². The fourth-order valence-corrected chi connectivity index (χ4v) is 3.70. The van der Waals surface area contributed by atoms with Crippen LogP contribution in [0.1, 0.15) is 18.0 Å². The lowest BCUT2D eigenvalue weighted by Crippen LogP contribution is -2.33. The van der Waals surface area contributed by atoms with Crippen molar-refractivity contribution < 1.29 is 17.9 Å². The number of rotatable bonds is 3. The Labute approximate surface area is 106 Å². The number of fused-ring (bicyclic) bond motifs is 1. The molecule has 0 aromatic heterocycles. The Morgan fingerprint density at radius 3 is 2.89 bits per heavy atom. The molecule has 2 rings (SSSR count). The lowest BCUT2D eigenvalue weighted by Gasteiger charge is -2.25. The van der Waals surface area contributed by atoms with Crippen molar-refractivity contribution in [2.24, 2.45) is 0 Å². The average Bonchev–Trinajstić information content (AvgIpc) is 2.38. The fraction of sp³-hybridized carbons (Fsp3) is 0.417. The SMILES string of the molecule is COC(=O)CNC1CCS(=O)(=O)c2ccccc21. The Kier molecular flexibility index (Phi) is 3.68. The van der Waals surface area contributed by atoms with Gasteiger partial charge < -0.3 is 4.74 Å². The molecule has 1 N–H and O–H groups in total. The van der Waals surface area contributed by atoms with Crippen molar-refractivity contribution in [3.63, 3.8) is 0 Å². The van der Waals surface area contributed by atoms with Crippen LogP contribution in [0.5, 0.6) is 0 Å². The molecule has 6 heteroatoms. The summed E-state index contributed by atoms with van der Waals surface area (Å²) in [5, 5.41) is 3.03. The highest BCUT2D eigenvalue weighted by Crippen LogP contribution is 2.31. The third-order valence-electron chi connectivity index (χ3n) is 3.03. The molecule has 1 aromatic rings. The van der Waals surface area contributed by atoms with E-state index in [0.717, 1.165) is 5.56 Å². The van der Waals surface area contributed by atoms with Gasteiger partial charge in [0.25, 0.3) is 0 Å². The van der Waals surface area contributed by atoms with Crippen molar-refractivity contribution in [1.82, 2.24) is 5.32 Å². The van der Waals surface area contributed by atoms with Gasteiger partial charge in [-0.05, 0) is 18.1 Å².